The molecule has 0 saturated carbocycles. The summed E-state index contributed by atoms with van der Waals surface area (Å²) >= 11 is 0. The molecule has 0 aliphatic carbocycles. The summed E-state index contributed by atoms with van der Waals surface area (Å²) in [7, 11) is 1.33. The summed E-state index contributed by atoms with van der Waals surface area (Å²) < 4.78 is 13.3. The Hall–Kier alpha value is -2.13. The number of ether oxygens (including phenoxy) is 3. The van der Waals surface area contributed by atoms with E-state index in [-0.39, 0.29) is 6.10 Å². The van der Waals surface area contributed by atoms with Crippen LogP contribution in [0.3, 0.4) is 0 Å². The number of methoxy groups -OCH3 is 1. The maximum Gasteiger partial charge on any atom is 0.345 e. The first-order chi connectivity index (χ1) is 8.44. The van der Waals surface area contributed by atoms with Crippen LogP contribution >= 0.6 is 0 Å². The van der Waals surface area contributed by atoms with Gasteiger partial charge in [0.15, 0.2) is 0 Å². The summed E-state index contributed by atoms with van der Waals surface area (Å²) in [6, 6.07) is 0. The number of hydrogen-bond donors (Lipinski definition) is 0. The molecule has 0 rings (SSSR count). The molecule has 100 valence electrons. The van der Waals surface area contributed by atoms with Crippen molar-refractivity contribution in [3.05, 3.63) is 24.8 Å². The zero-order valence-corrected chi connectivity index (χ0v) is 10.8. The van der Waals surface area contributed by atoms with Gasteiger partial charge in [0.2, 0.25) is 0 Å². The molecule has 6 heteroatoms. The van der Waals surface area contributed by atoms with Gasteiger partial charge in [-0.05, 0) is 13.8 Å². The zero-order valence-electron chi connectivity index (χ0n) is 10.8. The van der Waals surface area contributed by atoms with Crippen molar-refractivity contribution in [2.75, 3.05) is 13.7 Å². The van der Waals surface area contributed by atoms with Crippen LogP contribution in [0.1, 0.15) is 13.8 Å². The van der Waals surface area contributed by atoms with Crippen LogP contribution in [0.15, 0.2) is 24.8 Å². The Balaban J connectivity index is 0. The van der Waals surface area contributed by atoms with E-state index in [0.29, 0.717) is 12.2 Å². The van der Waals surface area contributed by atoms with Crippen molar-refractivity contribution in [2.24, 2.45) is 0 Å². The topological polar surface area (TPSA) is 85.6 Å². The molecule has 0 aromatic heterocycles. The van der Waals surface area contributed by atoms with Crippen molar-refractivity contribution in [2.45, 2.75) is 20.0 Å². The quantitative estimate of drug-likeness (QED) is 0.418. The third kappa shape index (κ3) is 9.12. The number of nitriles is 1. The smallest absolute Gasteiger partial charge is 0.345 e. The highest BCUT2D eigenvalue weighted by atomic mass is 16.5. The predicted octanol–water partition coefficient (Wildman–Crippen LogP) is 1.34. The molecular formula is C12H17NO5. The highest BCUT2D eigenvalue weighted by Crippen LogP contribution is 2.04. The highest BCUT2D eigenvalue weighted by Gasteiger charge is 2.14. The molecule has 0 aliphatic heterocycles. The second-order valence-electron chi connectivity index (χ2n) is 2.83. The minimum Gasteiger partial charge on any atom is -0.466 e. The SMILES string of the molecule is C=C(C(=O)OC)C(C)OCC.C=CC(=O)OC#N. The fourth-order valence-electron chi connectivity index (χ4n) is 0.734. The van der Waals surface area contributed by atoms with Gasteiger partial charge >= 0.3 is 11.9 Å². The average molecular weight is 255 g/mol. The van der Waals surface area contributed by atoms with E-state index in [1.165, 1.54) is 13.4 Å². The van der Waals surface area contributed by atoms with E-state index in [1.807, 2.05) is 6.92 Å². The van der Waals surface area contributed by atoms with Gasteiger partial charge in [-0.25, -0.2) is 9.59 Å². The van der Waals surface area contributed by atoms with Crippen LogP contribution in [-0.2, 0) is 23.8 Å². The number of hydrogen-bond acceptors (Lipinski definition) is 6. The molecule has 1 atom stereocenters. The standard InChI is InChI=1S/C8H14O3.C4H3NO2/c1-5-11-7(3)6(2)8(9)10-4;1-2-4(6)7-3-5/h7H,2,5H2,1,3-4H3;2H,1H2. The molecule has 0 saturated heterocycles. The van der Waals surface area contributed by atoms with E-state index in [9.17, 15) is 9.59 Å². The Bertz CT molecular complexity index is 343. The summed E-state index contributed by atoms with van der Waals surface area (Å²) in [5, 5.41) is 7.63. The molecule has 0 spiro atoms. The van der Waals surface area contributed by atoms with Crippen molar-refractivity contribution in [3.8, 4) is 6.26 Å². The number of carbonyl (C=O) groups excluding carboxylic acids is 2. The lowest BCUT2D eigenvalue weighted by Gasteiger charge is -2.11. The maximum absolute atomic E-state index is 10.8. The van der Waals surface area contributed by atoms with Gasteiger partial charge < -0.3 is 14.2 Å². The highest BCUT2D eigenvalue weighted by molar-refractivity contribution is 5.88. The fraction of sp³-hybridized carbons (Fsp3) is 0.417. The third-order valence-corrected chi connectivity index (χ3v) is 1.67. The Kier molecular flexibility index (Phi) is 11.5. The molecule has 0 heterocycles. The second kappa shape index (κ2) is 11.4. The normalized spacial score (nSPS) is 9.89. The largest absolute Gasteiger partial charge is 0.466 e. The molecule has 0 amide bonds. The summed E-state index contributed by atoms with van der Waals surface area (Å²) in [6.07, 6.45) is 1.86. The minimum absolute atomic E-state index is 0.257. The molecule has 0 N–H and O–H groups in total. The van der Waals surface area contributed by atoms with Crippen LogP contribution in [0, 0.1) is 11.5 Å². The van der Waals surface area contributed by atoms with Crippen molar-refractivity contribution < 1.29 is 23.8 Å². The van der Waals surface area contributed by atoms with Crippen molar-refractivity contribution in [1.82, 2.24) is 0 Å². The number of nitrogens with zero attached hydrogens (tertiary/aromatic N) is 1. The van der Waals surface area contributed by atoms with Gasteiger partial charge in [-0.3, -0.25) is 0 Å². The van der Waals surface area contributed by atoms with Crippen molar-refractivity contribution >= 4 is 11.9 Å². The first-order valence-corrected chi connectivity index (χ1v) is 5.05. The lowest BCUT2D eigenvalue weighted by molar-refractivity contribution is -0.137. The number of rotatable bonds is 5. The van der Waals surface area contributed by atoms with Gasteiger partial charge in [-0.2, -0.15) is 0 Å². The Labute approximate surface area is 106 Å². The predicted molar refractivity (Wildman–Crippen MR) is 64.1 cm³/mol. The minimum atomic E-state index is -0.720. The molecule has 1 unspecified atom stereocenters. The van der Waals surface area contributed by atoms with E-state index >= 15 is 0 Å². The Morgan fingerprint density at radius 1 is 1.50 bits per heavy atom. The molecule has 0 radical (unpaired) electrons. The second-order valence-corrected chi connectivity index (χ2v) is 2.83. The first kappa shape index (κ1) is 18.2. The van der Waals surface area contributed by atoms with Crippen LogP contribution < -0.4 is 0 Å². The van der Waals surface area contributed by atoms with E-state index in [0.717, 1.165) is 6.08 Å². The van der Waals surface area contributed by atoms with Crippen LogP contribution in [0.2, 0.25) is 0 Å². The summed E-state index contributed by atoms with van der Waals surface area (Å²) in [5.74, 6) is -1.13. The Morgan fingerprint density at radius 2 is 2.06 bits per heavy atom. The van der Waals surface area contributed by atoms with E-state index in [4.69, 9.17) is 10.00 Å². The van der Waals surface area contributed by atoms with E-state index < -0.39 is 11.9 Å². The van der Waals surface area contributed by atoms with Crippen molar-refractivity contribution in [3.63, 3.8) is 0 Å². The molecule has 6 nitrogen and oxygen atoms in total. The Morgan fingerprint density at radius 3 is 2.33 bits per heavy atom. The monoisotopic (exact) mass is 255 g/mol. The summed E-state index contributed by atoms with van der Waals surface area (Å²) in [4.78, 5) is 20.7. The summed E-state index contributed by atoms with van der Waals surface area (Å²) in [5.41, 5.74) is 0.356. The van der Waals surface area contributed by atoms with Gasteiger partial charge in [0.05, 0.1) is 18.8 Å². The fourth-order valence-corrected chi connectivity index (χ4v) is 0.734. The first-order valence-electron chi connectivity index (χ1n) is 5.05. The molecule has 0 aromatic rings. The van der Waals surface area contributed by atoms with Gasteiger partial charge in [0.25, 0.3) is 6.26 Å². The van der Waals surface area contributed by atoms with Crippen molar-refractivity contribution in [1.29, 1.82) is 5.26 Å². The van der Waals surface area contributed by atoms with Gasteiger partial charge in [0.1, 0.15) is 0 Å². The van der Waals surface area contributed by atoms with Crippen LogP contribution in [-0.4, -0.2) is 31.8 Å². The number of esters is 2. The van der Waals surface area contributed by atoms with Crippen LogP contribution in [0.5, 0.6) is 0 Å². The lowest BCUT2D eigenvalue weighted by Crippen LogP contribution is -2.18. The van der Waals surface area contributed by atoms with Crippen LogP contribution in [0.4, 0.5) is 0 Å². The molecule has 0 aromatic carbocycles. The molecule has 18 heavy (non-hydrogen) atoms. The number of carbonyl (C=O) groups is 2. The molecule has 0 fully saturated rings. The van der Waals surface area contributed by atoms with E-state index in [1.54, 1.807) is 6.92 Å². The van der Waals surface area contributed by atoms with Gasteiger partial charge in [-0.1, -0.05) is 13.2 Å². The third-order valence-electron chi connectivity index (χ3n) is 1.67. The average Bonchev–Trinajstić information content (AvgIpc) is 2.38. The van der Waals surface area contributed by atoms with Gasteiger partial charge in [-0.15, -0.1) is 5.26 Å². The molecular weight excluding hydrogens is 238 g/mol. The maximum atomic E-state index is 10.8. The lowest BCUT2D eigenvalue weighted by atomic mass is 10.2. The summed E-state index contributed by atoms with van der Waals surface area (Å²) in [6.45, 7) is 10.8. The van der Waals surface area contributed by atoms with Crippen LogP contribution in [0.25, 0.3) is 0 Å². The van der Waals surface area contributed by atoms with E-state index in [2.05, 4.69) is 22.6 Å². The van der Waals surface area contributed by atoms with Gasteiger partial charge in [0, 0.05) is 12.7 Å². The molecule has 0 bridgehead atoms. The zero-order chi connectivity index (χ0) is 14.6. The molecule has 0 aliphatic rings.